The van der Waals surface area contributed by atoms with E-state index >= 15 is 0 Å². The van der Waals surface area contributed by atoms with Crippen molar-refractivity contribution in [3.8, 4) is 0 Å². The Labute approximate surface area is 114 Å². The zero-order valence-electron chi connectivity index (χ0n) is 10.1. The molecule has 1 nitrogen and oxygen atoms in total. The Bertz CT molecular complexity index is 578. The summed E-state index contributed by atoms with van der Waals surface area (Å²) in [5.41, 5.74) is 0.271. The monoisotopic (exact) mass is 285 g/mol. The second-order valence-electron chi connectivity index (χ2n) is 4.03. The molecule has 100 valence electrons. The van der Waals surface area contributed by atoms with Gasteiger partial charge in [-0.05, 0) is 18.7 Å². The van der Waals surface area contributed by atoms with Crippen molar-refractivity contribution < 1.29 is 13.2 Å². The molecule has 2 aromatic rings. The number of benzene rings is 2. The second-order valence-corrected chi connectivity index (χ2v) is 4.43. The van der Waals surface area contributed by atoms with Crippen molar-refractivity contribution in [3.63, 3.8) is 0 Å². The first-order valence-electron chi connectivity index (χ1n) is 5.60. The summed E-state index contributed by atoms with van der Waals surface area (Å²) in [5, 5.41) is 3.17. The van der Waals surface area contributed by atoms with Crippen molar-refractivity contribution in [2.24, 2.45) is 0 Å². The fourth-order valence-corrected chi connectivity index (χ4v) is 2.24. The maximum atomic E-state index is 13.8. The molecule has 0 saturated carbocycles. The molecule has 5 heteroatoms. The lowest BCUT2D eigenvalue weighted by Gasteiger charge is -2.19. The van der Waals surface area contributed by atoms with Gasteiger partial charge in [0.1, 0.15) is 17.5 Å². The Morgan fingerprint density at radius 1 is 1.05 bits per heavy atom. The Morgan fingerprint density at radius 2 is 1.63 bits per heavy atom. The van der Waals surface area contributed by atoms with Crippen LogP contribution in [0.3, 0.4) is 0 Å². The molecule has 0 amide bonds. The SMILES string of the molecule is CNC(c1ccccc1Cl)c1c(F)cc(F)cc1F. The molecular weight excluding hydrogens is 275 g/mol. The van der Waals surface area contributed by atoms with Gasteiger partial charge < -0.3 is 5.32 Å². The summed E-state index contributed by atoms with van der Waals surface area (Å²) < 4.78 is 40.5. The number of nitrogens with one attached hydrogen (secondary N) is 1. The van der Waals surface area contributed by atoms with Gasteiger partial charge in [0, 0.05) is 22.7 Å². The molecular formula is C14H11ClF3N. The second kappa shape index (κ2) is 5.63. The highest BCUT2D eigenvalue weighted by atomic mass is 35.5. The lowest BCUT2D eigenvalue weighted by Crippen LogP contribution is -2.21. The number of rotatable bonds is 3. The maximum Gasteiger partial charge on any atom is 0.134 e. The van der Waals surface area contributed by atoms with Crippen LogP contribution in [0.4, 0.5) is 13.2 Å². The lowest BCUT2D eigenvalue weighted by atomic mass is 9.97. The molecule has 0 spiro atoms. The molecule has 19 heavy (non-hydrogen) atoms. The molecule has 1 unspecified atom stereocenters. The summed E-state index contributed by atoms with van der Waals surface area (Å²) in [4.78, 5) is 0. The van der Waals surface area contributed by atoms with Gasteiger partial charge in [0.25, 0.3) is 0 Å². The van der Waals surface area contributed by atoms with Crippen molar-refractivity contribution in [1.82, 2.24) is 5.32 Å². The minimum absolute atomic E-state index is 0.253. The fraction of sp³-hybridized carbons (Fsp3) is 0.143. The van der Waals surface area contributed by atoms with Crippen LogP contribution in [0.1, 0.15) is 17.2 Å². The third kappa shape index (κ3) is 2.74. The van der Waals surface area contributed by atoms with Crippen molar-refractivity contribution in [1.29, 1.82) is 0 Å². The smallest absolute Gasteiger partial charge is 0.134 e. The molecule has 1 N–H and O–H groups in total. The third-order valence-corrected chi connectivity index (χ3v) is 3.18. The molecule has 0 saturated heterocycles. The van der Waals surface area contributed by atoms with E-state index < -0.39 is 23.5 Å². The molecule has 2 rings (SSSR count). The van der Waals surface area contributed by atoms with Crippen molar-refractivity contribution in [2.45, 2.75) is 6.04 Å². The van der Waals surface area contributed by atoms with Crippen molar-refractivity contribution >= 4 is 11.6 Å². The highest BCUT2D eigenvalue weighted by molar-refractivity contribution is 6.31. The molecule has 0 heterocycles. The lowest BCUT2D eigenvalue weighted by molar-refractivity contribution is 0.500. The Kier molecular flexibility index (Phi) is 4.12. The first-order valence-corrected chi connectivity index (χ1v) is 5.98. The molecule has 0 aliphatic carbocycles. The van der Waals surface area contributed by atoms with Gasteiger partial charge in [-0.3, -0.25) is 0 Å². The Hall–Kier alpha value is -1.52. The number of hydrogen-bond donors (Lipinski definition) is 1. The number of halogens is 4. The normalized spacial score (nSPS) is 12.5. The van der Waals surface area contributed by atoms with Gasteiger partial charge in [-0.25, -0.2) is 13.2 Å². The quantitative estimate of drug-likeness (QED) is 0.896. The van der Waals surface area contributed by atoms with Gasteiger partial charge in [-0.1, -0.05) is 29.8 Å². The molecule has 0 bridgehead atoms. The molecule has 0 aromatic heterocycles. The molecule has 0 aliphatic rings. The van der Waals surface area contributed by atoms with Gasteiger partial charge in [-0.2, -0.15) is 0 Å². The van der Waals surface area contributed by atoms with Crippen LogP contribution in [0.15, 0.2) is 36.4 Å². The standard InChI is InChI=1S/C14H11ClF3N/c1-19-14(9-4-2-3-5-10(9)15)13-11(17)6-8(16)7-12(13)18/h2-7,14,19H,1H3. The molecule has 0 fully saturated rings. The number of hydrogen-bond acceptors (Lipinski definition) is 1. The maximum absolute atomic E-state index is 13.8. The van der Waals surface area contributed by atoms with Gasteiger partial charge in [0.05, 0.1) is 6.04 Å². The first kappa shape index (κ1) is 13.9. The predicted molar refractivity (Wildman–Crippen MR) is 68.7 cm³/mol. The van der Waals surface area contributed by atoms with Crippen LogP contribution in [0.25, 0.3) is 0 Å². The van der Waals surface area contributed by atoms with Gasteiger partial charge in [0.15, 0.2) is 0 Å². The van der Waals surface area contributed by atoms with Crippen LogP contribution in [0.2, 0.25) is 5.02 Å². The highest BCUT2D eigenvalue weighted by Crippen LogP contribution is 2.31. The van der Waals surface area contributed by atoms with Crippen LogP contribution in [-0.2, 0) is 0 Å². The van der Waals surface area contributed by atoms with E-state index in [-0.39, 0.29) is 5.56 Å². The van der Waals surface area contributed by atoms with E-state index in [0.717, 1.165) is 0 Å². The zero-order chi connectivity index (χ0) is 14.0. The summed E-state index contributed by atoms with van der Waals surface area (Å²) in [5.74, 6) is -2.85. The molecule has 2 aromatic carbocycles. The average Bonchev–Trinajstić information content (AvgIpc) is 2.34. The van der Waals surface area contributed by atoms with E-state index in [0.29, 0.717) is 22.7 Å². The van der Waals surface area contributed by atoms with Gasteiger partial charge in [0.2, 0.25) is 0 Å². The molecule has 1 atom stereocenters. The third-order valence-electron chi connectivity index (χ3n) is 2.84. The van der Waals surface area contributed by atoms with Crippen LogP contribution in [0, 0.1) is 17.5 Å². The van der Waals surface area contributed by atoms with E-state index in [1.165, 1.54) is 0 Å². The van der Waals surface area contributed by atoms with Crippen LogP contribution in [-0.4, -0.2) is 7.05 Å². The topological polar surface area (TPSA) is 12.0 Å². The minimum Gasteiger partial charge on any atom is -0.309 e. The Balaban J connectivity index is 2.58. The van der Waals surface area contributed by atoms with Crippen LogP contribution in [0.5, 0.6) is 0 Å². The van der Waals surface area contributed by atoms with E-state index in [9.17, 15) is 13.2 Å². The van der Waals surface area contributed by atoms with Crippen molar-refractivity contribution in [3.05, 3.63) is 70.0 Å². The van der Waals surface area contributed by atoms with Crippen LogP contribution < -0.4 is 5.32 Å². The summed E-state index contributed by atoms with van der Waals surface area (Å²) in [7, 11) is 1.55. The predicted octanol–water partition coefficient (Wildman–Crippen LogP) is 4.07. The Morgan fingerprint density at radius 3 is 2.16 bits per heavy atom. The van der Waals surface area contributed by atoms with Gasteiger partial charge >= 0.3 is 0 Å². The summed E-state index contributed by atoms with van der Waals surface area (Å²) in [6.45, 7) is 0. The highest BCUT2D eigenvalue weighted by Gasteiger charge is 2.23. The summed E-state index contributed by atoms with van der Waals surface area (Å²) >= 11 is 6.02. The fourth-order valence-electron chi connectivity index (χ4n) is 1.99. The van der Waals surface area contributed by atoms with Crippen molar-refractivity contribution in [2.75, 3.05) is 7.05 Å². The zero-order valence-corrected chi connectivity index (χ0v) is 10.8. The van der Waals surface area contributed by atoms with E-state index in [1.807, 2.05) is 0 Å². The van der Waals surface area contributed by atoms with E-state index in [4.69, 9.17) is 11.6 Å². The van der Waals surface area contributed by atoms with E-state index in [1.54, 1.807) is 31.3 Å². The average molecular weight is 286 g/mol. The summed E-state index contributed by atoms with van der Waals surface area (Å²) in [6, 6.07) is 7.24. The van der Waals surface area contributed by atoms with E-state index in [2.05, 4.69) is 5.32 Å². The molecule has 0 aliphatic heterocycles. The van der Waals surface area contributed by atoms with Gasteiger partial charge in [-0.15, -0.1) is 0 Å². The summed E-state index contributed by atoms with van der Waals surface area (Å²) in [6.07, 6.45) is 0. The first-order chi connectivity index (χ1) is 9.04. The largest absolute Gasteiger partial charge is 0.309 e. The minimum atomic E-state index is -0.951. The van der Waals surface area contributed by atoms with Crippen LogP contribution >= 0.6 is 11.6 Å². The molecule has 0 radical (unpaired) electrons.